The summed E-state index contributed by atoms with van der Waals surface area (Å²) in [5.41, 5.74) is -0.244. The molecule has 1 aliphatic rings. The van der Waals surface area contributed by atoms with Crippen LogP contribution in [0, 0.1) is 0 Å². The first kappa shape index (κ1) is 13.2. The summed E-state index contributed by atoms with van der Waals surface area (Å²) in [5.74, 6) is 5.03. The highest BCUT2D eigenvalue weighted by atomic mass is 32.2. The third-order valence-corrected chi connectivity index (χ3v) is 5.45. The maximum Gasteiger partial charge on any atom is 0.246 e. The first-order valence-electron chi connectivity index (χ1n) is 5.92. The Morgan fingerprint density at radius 2 is 2.29 bits per heavy atom. The van der Waals surface area contributed by atoms with Gasteiger partial charge in [-0.3, -0.25) is 0 Å². The fourth-order valence-corrected chi connectivity index (χ4v) is 4.36. The third-order valence-electron chi connectivity index (χ3n) is 2.70. The summed E-state index contributed by atoms with van der Waals surface area (Å²) in [6.07, 6.45) is 0. The van der Waals surface area contributed by atoms with Crippen molar-refractivity contribution in [3.63, 3.8) is 0 Å². The molecule has 0 aromatic carbocycles. The zero-order valence-electron chi connectivity index (χ0n) is 10.5. The summed E-state index contributed by atoms with van der Waals surface area (Å²) in [4.78, 5) is 4.55. The third kappa shape index (κ3) is 3.17. The second-order valence-corrected chi connectivity index (χ2v) is 7.01. The lowest BCUT2D eigenvalue weighted by Gasteiger charge is -2.20. The first-order valence-corrected chi connectivity index (χ1v) is 8.12. The highest BCUT2D eigenvalue weighted by Gasteiger charge is 2.29. The number of aromatic nitrogens is 2. The molecule has 1 aliphatic heterocycles. The van der Waals surface area contributed by atoms with Gasteiger partial charge < -0.3 is 9.84 Å². The van der Waals surface area contributed by atoms with Crippen molar-refractivity contribution in [3.05, 3.63) is 11.7 Å². The summed E-state index contributed by atoms with van der Waals surface area (Å²) in [5, 5.41) is 7.87. The molecule has 0 bridgehead atoms. The molecule has 1 saturated heterocycles. The van der Waals surface area contributed by atoms with Crippen molar-refractivity contribution in [3.8, 4) is 0 Å². The van der Waals surface area contributed by atoms with Crippen LogP contribution in [-0.2, 0) is 5.54 Å². The summed E-state index contributed by atoms with van der Waals surface area (Å²) in [6, 6.07) is 0. The standard InChI is InChI=1S/C11H19N3OS2/c1-4-12-11(2,3)10-13-9(14-15-10)8-7-16-5-6-17-8/h8,12H,4-7H2,1-3H3. The fourth-order valence-electron chi connectivity index (χ4n) is 1.77. The van der Waals surface area contributed by atoms with E-state index in [9.17, 15) is 0 Å². The minimum Gasteiger partial charge on any atom is -0.337 e. The number of hydrogen-bond donors (Lipinski definition) is 1. The van der Waals surface area contributed by atoms with Gasteiger partial charge in [-0.1, -0.05) is 12.1 Å². The van der Waals surface area contributed by atoms with Crippen LogP contribution < -0.4 is 5.32 Å². The molecule has 0 amide bonds. The minimum absolute atomic E-state index is 0.244. The van der Waals surface area contributed by atoms with Gasteiger partial charge in [0.1, 0.15) is 0 Å². The lowest BCUT2D eigenvalue weighted by molar-refractivity contribution is 0.270. The summed E-state index contributed by atoms with van der Waals surface area (Å²) < 4.78 is 5.39. The fraction of sp³-hybridized carbons (Fsp3) is 0.818. The van der Waals surface area contributed by atoms with E-state index >= 15 is 0 Å². The first-order chi connectivity index (χ1) is 8.13. The van der Waals surface area contributed by atoms with Crippen LogP contribution in [0.2, 0.25) is 0 Å². The van der Waals surface area contributed by atoms with Crippen LogP contribution in [0.4, 0.5) is 0 Å². The molecule has 1 unspecified atom stereocenters. The lowest BCUT2D eigenvalue weighted by atomic mass is 10.1. The molecule has 0 saturated carbocycles. The average molecular weight is 273 g/mol. The normalized spacial score (nSPS) is 21.7. The van der Waals surface area contributed by atoms with Crippen LogP contribution in [0.1, 0.15) is 37.7 Å². The van der Waals surface area contributed by atoms with Crippen LogP contribution in [-0.4, -0.2) is 33.9 Å². The maximum absolute atomic E-state index is 5.39. The Balaban J connectivity index is 2.09. The molecule has 0 spiro atoms. The predicted octanol–water partition coefficient (Wildman–Crippen LogP) is 2.44. The zero-order valence-corrected chi connectivity index (χ0v) is 12.2. The molecule has 1 aromatic rings. The lowest BCUT2D eigenvalue weighted by Crippen LogP contribution is -2.36. The van der Waals surface area contributed by atoms with E-state index in [1.165, 1.54) is 11.5 Å². The van der Waals surface area contributed by atoms with E-state index in [4.69, 9.17) is 4.52 Å². The van der Waals surface area contributed by atoms with Gasteiger partial charge in [0.05, 0.1) is 10.8 Å². The zero-order chi connectivity index (χ0) is 12.3. The van der Waals surface area contributed by atoms with Gasteiger partial charge in [0.25, 0.3) is 0 Å². The molecule has 4 nitrogen and oxygen atoms in total. The molecule has 2 heterocycles. The van der Waals surface area contributed by atoms with Crippen molar-refractivity contribution in [1.29, 1.82) is 0 Å². The van der Waals surface area contributed by atoms with Gasteiger partial charge in [0.2, 0.25) is 5.89 Å². The Morgan fingerprint density at radius 1 is 1.47 bits per heavy atom. The second-order valence-electron chi connectivity index (χ2n) is 4.55. The van der Waals surface area contributed by atoms with E-state index < -0.39 is 0 Å². The molecule has 0 aliphatic carbocycles. The largest absolute Gasteiger partial charge is 0.337 e. The molecular formula is C11H19N3OS2. The Bertz CT molecular complexity index is 361. The van der Waals surface area contributed by atoms with Crippen LogP contribution >= 0.6 is 23.5 Å². The molecule has 6 heteroatoms. The Kier molecular flexibility index (Phi) is 4.38. The smallest absolute Gasteiger partial charge is 0.246 e. The number of thioether (sulfide) groups is 2. The summed E-state index contributed by atoms with van der Waals surface area (Å²) in [7, 11) is 0. The number of nitrogens with zero attached hydrogens (tertiary/aromatic N) is 2. The highest BCUT2D eigenvalue weighted by molar-refractivity contribution is 8.06. The van der Waals surface area contributed by atoms with E-state index in [-0.39, 0.29) is 5.54 Å². The number of hydrogen-bond acceptors (Lipinski definition) is 6. The average Bonchev–Trinajstić information content (AvgIpc) is 2.80. The molecule has 1 aromatic heterocycles. The van der Waals surface area contributed by atoms with Gasteiger partial charge in [-0.25, -0.2) is 0 Å². The van der Waals surface area contributed by atoms with Gasteiger partial charge in [-0.05, 0) is 20.4 Å². The van der Waals surface area contributed by atoms with Crippen molar-refractivity contribution < 1.29 is 4.52 Å². The SMILES string of the molecule is CCNC(C)(C)c1nc(C2CSCCS2)no1. The minimum atomic E-state index is -0.244. The molecule has 17 heavy (non-hydrogen) atoms. The van der Waals surface area contributed by atoms with Crippen LogP contribution in [0.25, 0.3) is 0 Å². The van der Waals surface area contributed by atoms with Crippen LogP contribution in [0.5, 0.6) is 0 Å². The Labute approximate surface area is 111 Å². The number of rotatable bonds is 4. The van der Waals surface area contributed by atoms with E-state index in [1.807, 2.05) is 23.5 Å². The second kappa shape index (κ2) is 5.63. The monoisotopic (exact) mass is 273 g/mol. The summed E-state index contributed by atoms with van der Waals surface area (Å²) >= 11 is 3.89. The van der Waals surface area contributed by atoms with E-state index in [0.717, 1.165) is 18.1 Å². The highest BCUT2D eigenvalue weighted by Crippen LogP contribution is 2.35. The van der Waals surface area contributed by atoms with Crippen molar-refractivity contribution in [2.45, 2.75) is 31.6 Å². The van der Waals surface area contributed by atoms with Crippen LogP contribution in [0.15, 0.2) is 4.52 Å². The van der Waals surface area contributed by atoms with Gasteiger partial charge in [0, 0.05) is 17.3 Å². The van der Waals surface area contributed by atoms with Gasteiger partial charge >= 0.3 is 0 Å². The van der Waals surface area contributed by atoms with Gasteiger partial charge in [-0.15, -0.1) is 11.8 Å². The van der Waals surface area contributed by atoms with Crippen molar-refractivity contribution in [2.24, 2.45) is 0 Å². The maximum atomic E-state index is 5.39. The molecule has 2 rings (SSSR count). The molecule has 1 N–H and O–H groups in total. The molecule has 0 radical (unpaired) electrons. The molecular weight excluding hydrogens is 254 g/mol. The van der Waals surface area contributed by atoms with Crippen molar-refractivity contribution >= 4 is 23.5 Å². The Hall–Kier alpha value is -0.200. The molecule has 1 atom stereocenters. The topological polar surface area (TPSA) is 51.0 Å². The molecule has 1 fully saturated rings. The van der Waals surface area contributed by atoms with E-state index in [0.29, 0.717) is 11.1 Å². The quantitative estimate of drug-likeness (QED) is 0.909. The van der Waals surface area contributed by atoms with Crippen molar-refractivity contribution in [2.75, 3.05) is 23.8 Å². The van der Waals surface area contributed by atoms with Crippen LogP contribution in [0.3, 0.4) is 0 Å². The van der Waals surface area contributed by atoms with E-state index in [1.54, 1.807) is 0 Å². The number of nitrogens with one attached hydrogen (secondary N) is 1. The predicted molar refractivity (Wildman–Crippen MR) is 73.5 cm³/mol. The van der Waals surface area contributed by atoms with Crippen molar-refractivity contribution in [1.82, 2.24) is 15.5 Å². The summed E-state index contributed by atoms with van der Waals surface area (Å²) in [6.45, 7) is 7.10. The molecule has 96 valence electrons. The van der Waals surface area contributed by atoms with Gasteiger partial charge in [0.15, 0.2) is 5.82 Å². The van der Waals surface area contributed by atoms with E-state index in [2.05, 4.69) is 36.2 Å². The Morgan fingerprint density at radius 3 is 2.94 bits per heavy atom. The van der Waals surface area contributed by atoms with Gasteiger partial charge in [-0.2, -0.15) is 16.7 Å².